The fourth-order valence-corrected chi connectivity index (χ4v) is 2.46. The molecule has 0 saturated carbocycles. The Kier molecular flexibility index (Phi) is 3.76. The molecule has 1 aliphatic heterocycles. The Bertz CT molecular complexity index is 406. The van der Waals surface area contributed by atoms with Gasteiger partial charge in [0.15, 0.2) is 0 Å². The molecule has 0 bridgehead atoms. The molecule has 4 heteroatoms. The molecule has 2 rings (SSSR count). The molecular formula is C13H18N2O2. The molecule has 0 amide bonds. The van der Waals surface area contributed by atoms with E-state index < -0.39 is 12.0 Å². The van der Waals surface area contributed by atoms with Crippen LogP contribution in [0.5, 0.6) is 0 Å². The lowest BCUT2D eigenvalue weighted by atomic mass is 9.84. The minimum Gasteiger partial charge on any atom is -0.480 e. The molecular weight excluding hydrogens is 216 g/mol. The predicted octanol–water partition coefficient (Wildman–Crippen LogP) is 1.07. The van der Waals surface area contributed by atoms with Crippen LogP contribution in [0.1, 0.15) is 29.9 Å². The summed E-state index contributed by atoms with van der Waals surface area (Å²) in [4.78, 5) is 11.2. The lowest BCUT2D eigenvalue weighted by molar-refractivity contribution is -0.140. The lowest BCUT2D eigenvalue weighted by Gasteiger charge is -2.30. The van der Waals surface area contributed by atoms with Gasteiger partial charge >= 0.3 is 5.97 Å². The lowest BCUT2D eigenvalue weighted by Crippen LogP contribution is -2.45. The highest BCUT2D eigenvalue weighted by atomic mass is 16.4. The Labute approximate surface area is 101 Å². The highest BCUT2D eigenvalue weighted by Gasteiger charge is 2.31. The molecule has 0 radical (unpaired) electrons. The van der Waals surface area contributed by atoms with E-state index in [2.05, 4.69) is 5.32 Å². The van der Waals surface area contributed by atoms with Crippen LogP contribution >= 0.6 is 0 Å². The molecule has 0 aromatic heterocycles. The molecule has 1 fully saturated rings. The van der Waals surface area contributed by atoms with Crippen molar-refractivity contribution in [2.75, 3.05) is 6.54 Å². The van der Waals surface area contributed by atoms with E-state index in [1.165, 1.54) is 0 Å². The number of nitrogens with one attached hydrogen (secondary N) is 1. The molecule has 4 nitrogen and oxygen atoms in total. The van der Waals surface area contributed by atoms with Crippen LogP contribution < -0.4 is 11.1 Å². The Balaban J connectivity index is 2.26. The predicted molar refractivity (Wildman–Crippen MR) is 65.7 cm³/mol. The highest BCUT2D eigenvalue weighted by molar-refractivity contribution is 5.75. The highest BCUT2D eigenvalue weighted by Crippen LogP contribution is 2.28. The van der Waals surface area contributed by atoms with Gasteiger partial charge in [0.25, 0.3) is 0 Å². The molecule has 17 heavy (non-hydrogen) atoms. The number of carboxylic acid groups (broad SMARTS) is 1. The largest absolute Gasteiger partial charge is 0.480 e. The van der Waals surface area contributed by atoms with E-state index in [0.29, 0.717) is 6.54 Å². The average Bonchev–Trinajstić information content (AvgIpc) is 2.39. The van der Waals surface area contributed by atoms with Crippen molar-refractivity contribution in [2.24, 2.45) is 5.73 Å². The average molecular weight is 234 g/mol. The van der Waals surface area contributed by atoms with Crippen LogP contribution in [0.15, 0.2) is 24.3 Å². The number of piperidine rings is 1. The number of benzene rings is 1. The number of rotatable bonds is 3. The number of carboxylic acids is 1. The number of aliphatic carboxylic acids is 1. The summed E-state index contributed by atoms with van der Waals surface area (Å²) in [6, 6.07) is 7.46. The summed E-state index contributed by atoms with van der Waals surface area (Å²) < 4.78 is 0. The van der Waals surface area contributed by atoms with Crippen molar-refractivity contribution in [3.8, 4) is 0 Å². The number of nitrogens with two attached hydrogens (primary N) is 1. The summed E-state index contributed by atoms with van der Waals surface area (Å²) in [5.41, 5.74) is 7.74. The fourth-order valence-electron chi connectivity index (χ4n) is 2.46. The van der Waals surface area contributed by atoms with E-state index in [4.69, 9.17) is 5.73 Å². The molecule has 0 aliphatic carbocycles. The smallest absolute Gasteiger partial charge is 0.321 e. The monoisotopic (exact) mass is 234 g/mol. The van der Waals surface area contributed by atoms with Gasteiger partial charge in [-0.15, -0.1) is 0 Å². The zero-order chi connectivity index (χ0) is 12.3. The maximum absolute atomic E-state index is 11.2. The third-order valence-electron chi connectivity index (χ3n) is 3.34. The Morgan fingerprint density at radius 1 is 1.53 bits per heavy atom. The van der Waals surface area contributed by atoms with Gasteiger partial charge in [-0.3, -0.25) is 4.79 Å². The minimum absolute atomic E-state index is 0.0488. The third-order valence-corrected chi connectivity index (χ3v) is 3.34. The molecule has 1 saturated heterocycles. The second kappa shape index (κ2) is 5.29. The van der Waals surface area contributed by atoms with Crippen LogP contribution in [-0.4, -0.2) is 23.7 Å². The van der Waals surface area contributed by atoms with Crippen LogP contribution in [0.25, 0.3) is 0 Å². The fraction of sp³-hybridized carbons (Fsp3) is 0.462. The molecule has 2 unspecified atom stereocenters. The zero-order valence-corrected chi connectivity index (χ0v) is 9.73. The van der Waals surface area contributed by atoms with Gasteiger partial charge in [0.2, 0.25) is 0 Å². The molecule has 0 spiro atoms. The first-order valence-electron chi connectivity index (χ1n) is 5.97. The van der Waals surface area contributed by atoms with Gasteiger partial charge in [-0.1, -0.05) is 24.3 Å². The number of hydrogen-bond donors (Lipinski definition) is 3. The van der Waals surface area contributed by atoms with Crippen LogP contribution in [0.4, 0.5) is 0 Å². The Morgan fingerprint density at radius 2 is 2.35 bits per heavy atom. The summed E-state index contributed by atoms with van der Waals surface area (Å²) in [7, 11) is 0. The summed E-state index contributed by atoms with van der Waals surface area (Å²) in [5, 5.41) is 12.3. The first-order chi connectivity index (χ1) is 8.22. The van der Waals surface area contributed by atoms with E-state index in [9.17, 15) is 9.90 Å². The van der Waals surface area contributed by atoms with E-state index in [-0.39, 0.29) is 5.92 Å². The second-order valence-electron chi connectivity index (χ2n) is 4.47. The Hall–Kier alpha value is -1.39. The van der Waals surface area contributed by atoms with E-state index in [1.54, 1.807) is 0 Å². The summed E-state index contributed by atoms with van der Waals surface area (Å²) in [6.07, 6.45) is 1.93. The van der Waals surface area contributed by atoms with Gasteiger partial charge in [0, 0.05) is 12.5 Å². The third kappa shape index (κ3) is 2.65. The van der Waals surface area contributed by atoms with Crippen LogP contribution in [0.3, 0.4) is 0 Å². The van der Waals surface area contributed by atoms with Gasteiger partial charge in [-0.2, -0.15) is 0 Å². The molecule has 92 valence electrons. The van der Waals surface area contributed by atoms with E-state index in [0.717, 1.165) is 30.5 Å². The van der Waals surface area contributed by atoms with Crippen LogP contribution in [0.2, 0.25) is 0 Å². The number of hydrogen-bond acceptors (Lipinski definition) is 3. The Morgan fingerprint density at radius 3 is 3.06 bits per heavy atom. The second-order valence-corrected chi connectivity index (χ2v) is 4.47. The van der Waals surface area contributed by atoms with Crippen molar-refractivity contribution >= 4 is 5.97 Å². The first-order valence-corrected chi connectivity index (χ1v) is 5.97. The van der Waals surface area contributed by atoms with Gasteiger partial charge in [0.05, 0.1) is 0 Å². The standard InChI is InChI=1S/C13H18N2O2/c14-8-9-3-1-4-10(7-9)11-5-2-6-15-12(11)13(16)17/h1,3-4,7,11-12,15H,2,5-6,8,14H2,(H,16,17). The topological polar surface area (TPSA) is 75.3 Å². The molecule has 4 N–H and O–H groups in total. The van der Waals surface area contributed by atoms with Crippen LogP contribution in [-0.2, 0) is 11.3 Å². The maximum Gasteiger partial charge on any atom is 0.321 e. The van der Waals surface area contributed by atoms with Gasteiger partial charge in [-0.05, 0) is 30.5 Å². The van der Waals surface area contributed by atoms with Crippen LogP contribution in [0, 0.1) is 0 Å². The SMILES string of the molecule is NCc1cccc(C2CCCNC2C(=O)O)c1. The van der Waals surface area contributed by atoms with Gasteiger partial charge in [0.1, 0.15) is 6.04 Å². The van der Waals surface area contributed by atoms with Gasteiger partial charge in [-0.25, -0.2) is 0 Å². The van der Waals surface area contributed by atoms with E-state index in [1.807, 2.05) is 24.3 Å². The van der Waals surface area contributed by atoms with Crippen molar-refractivity contribution in [3.63, 3.8) is 0 Å². The molecule has 1 aromatic rings. The van der Waals surface area contributed by atoms with Gasteiger partial charge < -0.3 is 16.2 Å². The van der Waals surface area contributed by atoms with E-state index >= 15 is 0 Å². The normalized spacial score (nSPS) is 24.5. The summed E-state index contributed by atoms with van der Waals surface area (Å²) in [6.45, 7) is 1.27. The quantitative estimate of drug-likeness (QED) is 0.731. The first kappa shape index (κ1) is 12.1. The minimum atomic E-state index is -0.771. The molecule has 1 heterocycles. The van der Waals surface area contributed by atoms with Crippen molar-refractivity contribution in [1.82, 2.24) is 5.32 Å². The summed E-state index contributed by atoms with van der Waals surface area (Å²) >= 11 is 0. The van der Waals surface area contributed by atoms with Crippen molar-refractivity contribution in [2.45, 2.75) is 31.3 Å². The van der Waals surface area contributed by atoms with Crippen molar-refractivity contribution < 1.29 is 9.90 Å². The zero-order valence-electron chi connectivity index (χ0n) is 9.73. The van der Waals surface area contributed by atoms with Crippen molar-refractivity contribution in [1.29, 1.82) is 0 Å². The maximum atomic E-state index is 11.2. The summed E-state index contributed by atoms with van der Waals surface area (Å²) in [5.74, 6) is -0.722. The molecule has 1 aromatic carbocycles. The number of carbonyl (C=O) groups is 1. The van der Waals surface area contributed by atoms with Crippen molar-refractivity contribution in [3.05, 3.63) is 35.4 Å². The molecule has 1 aliphatic rings. The molecule has 2 atom stereocenters.